The van der Waals surface area contributed by atoms with Gasteiger partial charge in [0.25, 0.3) is 0 Å². The standard InChI is InChI=1S/C17H15N7O/c1-12(24-9-3-6-21-24)17(25)23-14-5-2-4-13(10-14)22-16-15(11-18)19-7-8-20-16/h2-10,12H,1H3,(H,20,22)(H,23,25). The normalized spacial score (nSPS) is 11.4. The molecule has 1 amide bonds. The summed E-state index contributed by atoms with van der Waals surface area (Å²) in [5, 5.41) is 19.0. The fourth-order valence-corrected chi connectivity index (χ4v) is 2.20. The molecule has 2 N–H and O–H groups in total. The van der Waals surface area contributed by atoms with E-state index in [0.717, 1.165) is 0 Å². The Labute approximate surface area is 144 Å². The number of carbonyl (C=O) groups is 1. The summed E-state index contributed by atoms with van der Waals surface area (Å²) in [5.74, 6) is 0.177. The molecule has 2 heterocycles. The lowest BCUT2D eigenvalue weighted by Crippen LogP contribution is -2.23. The van der Waals surface area contributed by atoms with Gasteiger partial charge in [0, 0.05) is 36.2 Å². The Bertz CT molecular complexity index is 915. The van der Waals surface area contributed by atoms with Gasteiger partial charge in [-0.2, -0.15) is 10.4 Å². The van der Waals surface area contributed by atoms with E-state index in [-0.39, 0.29) is 11.6 Å². The Morgan fingerprint density at radius 1 is 1.20 bits per heavy atom. The average Bonchev–Trinajstić information content (AvgIpc) is 3.16. The summed E-state index contributed by atoms with van der Waals surface area (Å²) >= 11 is 0. The summed E-state index contributed by atoms with van der Waals surface area (Å²) < 4.78 is 1.58. The van der Waals surface area contributed by atoms with Crippen molar-refractivity contribution in [3.63, 3.8) is 0 Å². The summed E-state index contributed by atoms with van der Waals surface area (Å²) in [4.78, 5) is 20.4. The van der Waals surface area contributed by atoms with Crippen LogP contribution < -0.4 is 10.6 Å². The van der Waals surface area contributed by atoms with E-state index in [1.807, 2.05) is 12.1 Å². The zero-order valence-corrected chi connectivity index (χ0v) is 13.4. The van der Waals surface area contributed by atoms with Crippen molar-refractivity contribution in [2.75, 3.05) is 10.6 Å². The quantitative estimate of drug-likeness (QED) is 0.742. The highest BCUT2D eigenvalue weighted by molar-refractivity contribution is 5.93. The van der Waals surface area contributed by atoms with Gasteiger partial charge in [0.1, 0.15) is 12.1 Å². The van der Waals surface area contributed by atoms with Crippen molar-refractivity contribution in [2.45, 2.75) is 13.0 Å². The lowest BCUT2D eigenvalue weighted by Gasteiger charge is -2.13. The maximum Gasteiger partial charge on any atom is 0.248 e. The van der Waals surface area contributed by atoms with Gasteiger partial charge >= 0.3 is 0 Å². The first-order valence-electron chi connectivity index (χ1n) is 7.55. The topological polar surface area (TPSA) is 109 Å². The van der Waals surface area contributed by atoms with Crippen LogP contribution in [0.5, 0.6) is 0 Å². The molecule has 1 atom stereocenters. The molecule has 8 heteroatoms. The van der Waals surface area contributed by atoms with Crippen LogP contribution in [0, 0.1) is 11.3 Å². The highest BCUT2D eigenvalue weighted by atomic mass is 16.2. The SMILES string of the molecule is CC(C(=O)Nc1cccc(Nc2nccnc2C#N)c1)n1cccn1. The van der Waals surface area contributed by atoms with Gasteiger partial charge in [0.15, 0.2) is 11.5 Å². The van der Waals surface area contributed by atoms with Crippen LogP contribution in [-0.4, -0.2) is 25.7 Å². The van der Waals surface area contributed by atoms with Gasteiger partial charge in [0.2, 0.25) is 5.91 Å². The number of carbonyl (C=O) groups excluding carboxylic acids is 1. The number of aromatic nitrogens is 4. The molecule has 0 saturated carbocycles. The summed E-state index contributed by atoms with van der Waals surface area (Å²) in [7, 11) is 0. The van der Waals surface area contributed by atoms with Crippen LogP contribution in [0.25, 0.3) is 0 Å². The smallest absolute Gasteiger partial charge is 0.248 e. The van der Waals surface area contributed by atoms with Crippen LogP contribution in [0.4, 0.5) is 17.2 Å². The van der Waals surface area contributed by atoms with Crippen molar-refractivity contribution in [1.29, 1.82) is 5.26 Å². The van der Waals surface area contributed by atoms with Gasteiger partial charge in [-0.1, -0.05) is 6.07 Å². The molecule has 2 aromatic heterocycles. The van der Waals surface area contributed by atoms with E-state index >= 15 is 0 Å². The number of hydrogen-bond acceptors (Lipinski definition) is 6. The number of anilines is 3. The zero-order valence-electron chi connectivity index (χ0n) is 13.4. The van der Waals surface area contributed by atoms with Crippen LogP contribution >= 0.6 is 0 Å². The summed E-state index contributed by atoms with van der Waals surface area (Å²) in [6, 6.07) is 10.4. The molecule has 1 aromatic carbocycles. The van der Waals surface area contributed by atoms with Gasteiger partial charge in [-0.05, 0) is 31.2 Å². The Hall–Kier alpha value is -3.73. The first-order valence-corrected chi connectivity index (χ1v) is 7.55. The van der Waals surface area contributed by atoms with Gasteiger partial charge in [0.05, 0.1) is 0 Å². The fraction of sp³-hybridized carbons (Fsp3) is 0.118. The molecule has 25 heavy (non-hydrogen) atoms. The number of amides is 1. The lowest BCUT2D eigenvalue weighted by atomic mass is 10.2. The molecule has 124 valence electrons. The van der Waals surface area contributed by atoms with E-state index in [1.54, 1.807) is 48.3 Å². The lowest BCUT2D eigenvalue weighted by molar-refractivity contribution is -0.119. The number of hydrogen-bond donors (Lipinski definition) is 2. The highest BCUT2D eigenvalue weighted by Crippen LogP contribution is 2.21. The van der Waals surface area contributed by atoms with Crippen molar-refractivity contribution in [2.24, 2.45) is 0 Å². The Balaban J connectivity index is 1.73. The van der Waals surface area contributed by atoms with Crippen molar-refractivity contribution in [1.82, 2.24) is 19.7 Å². The minimum absolute atomic E-state index is 0.182. The van der Waals surface area contributed by atoms with Crippen LogP contribution in [0.2, 0.25) is 0 Å². The molecule has 0 aliphatic rings. The zero-order chi connectivity index (χ0) is 17.6. The number of nitrogens with zero attached hydrogens (tertiary/aromatic N) is 5. The van der Waals surface area contributed by atoms with E-state index in [1.165, 1.54) is 12.4 Å². The first kappa shape index (κ1) is 16.1. The first-order chi connectivity index (χ1) is 12.2. The predicted molar refractivity (Wildman–Crippen MR) is 92.0 cm³/mol. The molecular weight excluding hydrogens is 318 g/mol. The van der Waals surface area contributed by atoms with Crippen molar-refractivity contribution in [3.8, 4) is 6.07 Å². The van der Waals surface area contributed by atoms with Crippen LogP contribution in [-0.2, 0) is 4.79 Å². The third-order valence-electron chi connectivity index (χ3n) is 3.50. The molecule has 0 fully saturated rings. The predicted octanol–water partition coefficient (Wildman–Crippen LogP) is 2.49. The molecule has 0 aliphatic carbocycles. The second kappa shape index (κ2) is 7.23. The molecule has 0 radical (unpaired) electrons. The fourth-order valence-electron chi connectivity index (χ4n) is 2.20. The molecule has 3 rings (SSSR count). The van der Waals surface area contributed by atoms with Crippen molar-refractivity contribution >= 4 is 23.1 Å². The van der Waals surface area contributed by atoms with Gasteiger partial charge in [-0.25, -0.2) is 9.97 Å². The van der Waals surface area contributed by atoms with Crippen molar-refractivity contribution < 1.29 is 4.79 Å². The molecular formula is C17H15N7O. The summed E-state index contributed by atoms with van der Waals surface area (Å²) in [6.45, 7) is 1.77. The third kappa shape index (κ3) is 3.79. The Kier molecular flexibility index (Phi) is 4.67. The molecule has 3 aromatic rings. The van der Waals surface area contributed by atoms with Crippen molar-refractivity contribution in [3.05, 3.63) is 60.8 Å². The Morgan fingerprint density at radius 3 is 2.76 bits per heavy atom. The van der Waals surface area contributed by atoms with E-state index in [9.17, 15) is 4.79 Å². The molecule has 0 bridgehead atoms. The second-order valence-corrected chi connectivity index (χ2v) is 5.22. The van der Waals surface area contributed by atoms with Crippen LogP contribution in [0.3, 0.4) is 0 Å². The Morgan fingerprint density at radius 2 is 2.00 bits per heavy atom. The molecule has 0 aliphatic heterocycles. The maximum absolute atomic E-state index is 12.3. The van der Waals surface area contributed by atoms with E-state index in [0.29, 0.717) is 17.2 Å². The largest absolute Gasteiger partial charge is 0.338 e. The molecule has 0 saturated heterocycles. The minimum atomic E-state index is -0.434. The summed E-state index contributed by atoms with van der Waals surface area (Å²) in [5.41, 5.74) is 1.50. The second-order valence-electron chi connectivity index (χ2n) is 5.22. The van der Waals surface area contributed by atoms with Crippen LogP contribution in [0.1, 0.15) is 18.7 Å². The van der Waals surface area contributed by atoms with E-state index < -0.39 is 6.04 Å². The molecule has 1 unspecified atom stereocenters. The number of benzene rings is 1. The molecule has 0 spiro atoms. The van der Waals surface area contributed by atoms with E-state index in [4.69, 9.17) is 5.26 Å². The molecule has 8 nitrogen and oxygen atoms in total. The number of rotatable bonds is 5. The monoisotopic (exact) mass is 333 g/mol. The van der Waals surface area contributed by atoms with Crippen LogP contribution in [0.15, 0.2) is 55.1 Å². The summed E-state index contributed by atoms with van der Waals surface area (Å²) in [6.07, 6.45) is 6.32. The van der Waals surface area contributed by atoms with Gasteiger partial charge < -0.3 is 10.6 Å². The maximum atomic E-state index is 12.3. The van der Waals surface area contributed by atoms with E-state index in [2.05, 4.69) is 25.7 Å². The minimum Gasteiger partial charge on any atom is -0.338 e. The number of nitriles is 1. The van der Waals surface area contributed by atoms with Gasteiger partial charge in [-0.15, -0.1) is 0 Å². The van der Waals surface area contributed by atoms with Gasteiger partial charge in [-0.3, -0.25) is 9.48 Å². The number of nitrogens with one attached hydrogen (secondary N) is 2. The third-order valence-corrected chi connectivity index (χ3v) is 3.50. The average molecular weight is 333 g/mol. The highest BCUT2D eigenvalue weighted by Gasteiger charge is 2.15.